The van der Waals surface area contributed by atoms with Crippen molar-refractivity contribution < 1.29 is 18.7 Å². The van der Waals surface area contributed by atoms with Gasteiger partial charge in [0.05, 0.1) is 6.10 Å². The maximum atomic E-state index is 12.5. The maximum absolute atomic E-state index is 12.5. The first-order chi connectivity index (χ1) is 11.6. The molecule has 1 aliphatic heterocycles. The quantitative estimate of drug-likeness (QED) is 0.804. The van der Waals surface area contributed by atoms with E-state index in [2.05, 4.69) is 18.8 Å². The number of carbonyl (C=O) groups excluding carboxylic acids is 1. The molecular weight excluding hydrogens is 306 g/mol. The van der Waals surface area contributed by atoms with Crippen LogP contribution in [0.25, 0.3) is 11.5 Å². The molecule has 126 valence electrons. The van der Waals surface area contributed by atoms with Gasteiger partial charge in [0.1, 0.15) is 12.4 Å². The molecule has 0 bridgehead atoms. The molecular formula is C19H21NO4. The van der Waals surface area contributed by atoms with E-state index in [9.17, 15) is 4.79 Å². The number of nitrogens with zero attached hydrogens (tertiary/aromatic N) is 1. The second-order valence-corrected chi connectivity index (χ2v) is 7.15. The smallest absolute Gasteiger partial charge is 0.360 e. The normalized spacial score (nSPS) is 27.8. The number of oxazole rings is 1. The van der Waals surface area contributed by atoms with Crippen molar-refractivity contribution in [1.29, 1.82) is 0 Å². The van der Waals surface area contributed by atoms with Crippen LogP contribution in [-0.2, 0) is 9.47 Å². The fourth-order valence-corrected chi connectivity index (χ4v) is 3.97. The Bertz CT molecular complexity index is 737. The largest absolute Gasteiger partial charge is 0.456 e. The predicted octanol–water partition coefficient (Wildman–Crippen LogP) is 3.70. The van der Waals surface area contributed by atoms with Crippen molar-refractivity contribution in [2.24, 2.45) is 11.3 Å². The van der Waals surface area contributed by atoms with Gasteiger partial charge in [-0.15, -0.1) is 0 Å². The molecule has 2 fully saturated rings. The number of fused-ring (bicyclic) bond motifs is 1. The van der Waals surface area contributed by atoms with Crippen LogP contribution in [0.15, 0.2) is 41.0 Å². The van der Waals surface area contributed by atoms with Crippen LogP contribution < -0.4 is 0 Å². The van der Waals surface area contributed by atoms with Crippen LogP contribution in [0.2, 0.25) is 0 Å². The molecule has 3 atom stereocenters. The summed E-state index contributed by atoms with van der Waals surface area (Å²) in [5.74, 6) is 0.288. The molecule has 5 heteroatoms. The van der Waals surface area contributed by atoms with Gasteiger partial charge in [0.2, 0.25) is 5.89 Å². The van der Waals surface area contributed by atoms with Gasteiger partial charge in [-0.2, -0.15) is 0 Å². The number of benzene rings is 1. The summed E-state index contributed by atoms with van der Waals surface area (Å²) < 4.78 is 17.0. The highest BCUT2D eigenvalue weighted by Crippen LogP contribution is 2.53. The predicted molar refractivity (Wildman–Crippen MR) is 87.4 cm³/mol. The lowest BCUT2D eigenvalue weighted by atomic mass is 9.57. The van der Waals surface area contributed by atoms with E-state index in [4.69, 9.17) is 13.9 Å². The minimum absolute atomic E-state index is 0.132. The van der Waals surface area contributed by atoms with Crippen molar-refractivity contribution in [3.05, 3.63) is 42.3 Å². The molecule has 0 N–H and O–H groups in total. The molecule has 2 heterocycles. The van der Waals surface area contributed by atoms with Crippen LogP contribution in [0.1, 0.15) is 37.2 Å². The number of hydrogen-bond acceptors (Lipinski definition) is 5. The molecule has 1 aliphatic carbocycles. The Hall–Kier alpha value is -2.14. The van der Waals surface area contributed by atoms with Crippen molar-refractivity contribution in [2.45, 2.75) is 38.9 Å². The van der Waals surface area contributed by atoms with Gasteiger partial charge in [-0.05, 0) is 25.0 Å². The molecule has 0 radical (unpaired) electrons. The molecule has 0 spiro atoms. The maximum Gasteiger partial charge on any atom is 0.360 e. The molecule has 2 aliphatic rings. The van der Waals surface area contributed by atoms with Crippen LogP contribution in [0.4, 0.5) is 0 Å². The molecule has 4 rings (SSSR count). The van der Waals surface area contributed by atoms with E-state index < -0.39 is 5.97 Å². The van der Waals surface area contributed by atoms with Crippen LogP contribution in [0, 0.1) is 11.3 Å². The first-order valence-electron chi connectivity index (χ1n) is 8.41. The van der Waals surface area contributed by atoms with Gasteiger partial charge in [-0.1, -0.05) is 32.0 Å². The summed E-state index contributed by atoms with van der Waals surface area (Å²) in [4.78, 5) is 16.7. The minimum Gasteiger partial charge on any atom is -0.456 e. The van der Waals surface area contributed by atoms with Crippen LogP contribution in [0.3, 0.4) is 0 Å². The standard InChI is InChI=1S/C19H21NO4/c1-19(2)15-13(9-6-10-22-15)16(19)24-18(21)14-11-23-17(20-14)12-7-4-3-5-8-12/h3-5,7-8,11,13,15-16H,6,9-10H2,1-2H3/t13-,15-,16-/m0/s1. The summed E-state index contributed by atoms with van der Waals surface area (Å²) in [6, 6.07) is 9.50. The molecule has 2 aromatic rings. The summed E-state index contributed by atoms with van der Waals surface area (Å²) in [6.07, 6.45) is 3.48. The van der Waals surface area contributed by atoms with Gasteiger partial charge in [0, 0.05) is 23.5 Å². The third kappa shape index (κ3) is 2.44. The summed E-state index contributed by atoms with van der Waals surface area (Å²) in [7, 11) is 0. The van der Waals surface area contributed by atoms with Crippen LogP contribution in [-0.4, -0.2) is 29.8 Å². The van der Waals surface area contributed by atoms with E-state index >= 15 is 0 Å². The molecule has 5 nitrogen and oxygen atoms in total. The zero-order valence-electron chi connectivity index (χ0n) is 13.9. The Kier molecular flexibility index (Phi) is 3.68. The Labute approximate surface area is 141 Å². The van der Waals surface area contributed by atoms with Crippen LogP contribution >= 0.6 is 0 Å². The zero-order chi connectivity index (χ0) is 16.7. The first kappa shape index (κ1) is 15.4. The van der Waals surface area contributed by atoms with Gasteiger partial charge in [0.15, 0.2) is 5.69 Å². The Balaban J connectivity index is 1.48. The highest BCUT2D eigenvalue weighted by Gasteiger charge is 2.60. The highest BCUT2D eigenvalue weighted by molar-refractivity contribution is 5.87. The molecule has 0 amide bonds. The van der Waals surface area contributed by atoms with Crippen LogP contribution in [0.5, 0.6) is 0 Å². The van der Waals surface area contributed by atoms with Crippen molar-refractivity contribution in [1.82, 2.24) is 4.98 Å². The van der Waals surface area contributed by atoms with Gasteiger partial charge >= 0.3 is 5.97 Å². The lowest BCUT2D eigenvalue weighted by Crippen LogP contribution is -2.65. The SMILES string of the molecule is CC1(C)[C@H]2OCCC[C@@H]2[C@@H]1OC(=O)c1coc(-c2ccccc2)n1. The number of esters is 1. The average molecular weight is 327 g/mol. The number of aromatic nitrogens is 1. The van der Waals surface area contributed by atoms with E-state index in [1.807, 2.05) is 30.3 Å². The highest BCUT2D eigenvalue weighted by atomic mass is 16.6. The summed E-state index contributed by atoms with van der Waals surface area (Å²) in [6.45, 7) is 4.99. The van der Waals surface area contributed by atoms with E-state index in [0.717, 1.165) is 25.0 Å². The third-order valence-corrected chi connectivity index (χ3v) is 5.19. The fourth-order valence-electron chi connectivity index (χ4n) is 3.97. The van der Waals surface area contributed by atoms with Gasteiger partial charge in [0.25, 0.3) is 0 Å². The van der Waals surface area contributed by atoms with Crippen molar-refractivity contribution in [3.8, 4) is 11.5 Å². The molecule has 24 heavy (non-hydrogen) atoms. The average Bonchev–Trinajstić information content (AvgIpc) is 3.10. The second-order valence-electron chi connectivity index (χ2n) is 7.15. The molecule has 0 unspecified atom stereocenters. The minimum atomic E-state index is -0.428. The van der Waals surface area contributed by atoms with Gasteiger partial charge in [-0.25, -0.2) is 9.78 Å². The number of hydrogen-bond donors (Lipinski definition) is 0. The second kappa shape index (κ2) is 5.74. The fraction of sp³-hybridized carbons (Fsp3) is 0.474. The first-order valence-corrected chi connectivity index (χ1v) is 8.41. The monoisotopic (exact) mass is 327 g/mol. The van der Waals surface area contributed by atoms with Gasteiger partial charge < -0.3 is 13.9 Å². The number of carbonyl (C=O) groups is 1. The Morgan fingerprint density at radius 3 is 2.88 bits per heavy atom. The zero-order valence-corrected chi connectivity index (χ0v) is 13.9. The lowest BCUT2D eigenvalue weighted by Gasteiger charge is -2.58. The number of ether oxygens (including phenoxy) is 2. The Morgan fingerprint density at radius 1 is 1.29 bits per heavy atom. The molecule has 1 aromatic carbocycles. The number of rotatable bonds is 3. The van der Waals surface area contributed by atoms with E-state index in [1.165, 1.54) is 6.26 Å². The topological polar surface area (TPSA) is 61.6 Å². The molecule has 1 aromatic heterocycles. The Morgan fingerprint density at radius 2 is 2.08 bits per heavy atom. The van der Waals surface area contributed by atoms with Crippen molar-refractivity contribution in [3.63, 3.8) is 0 Å². The lowest BCUT2D eigenvalue weighted by molar-refractivity contribution is -0.243. The third-order valence-electron chi connectivity index (χ3n) is 5.19. The summed E-state index contributed by atoms with van der Waals surface area (Å²) in [5, 5.41) is 0. The molecule has 1 saturated heterocycles. The summed E-state index contributed by atoms with van der Waals surface area (Å²) in [5.41, 5.74) is 0.887. The van der Waals surface area contributed by atoms with Gasteiger partial charge in [-0.3, -0.25) is 0 Å². The van der Waals surface area contributed by atoms with Crippen molar-refractivity contribution >= 4 is 5.97 Å². The van der Waals surface area contributed by atoms with E-state index in [1.54, 1.807) is 0 Å². The van der Waals surface area contributed by atoms with E-state index in [0.29, 0.717) is 5.89 Å². The van der Waals surface area contributed by atoms with Crippen molar-refractivity contribution in [2.75, 3.05) is 6.61 Å². The summed E-state index contributed by atoms with van der Waals surface area (Å²) >= 11 is 0. The molecule has 1 saturated carbocycles. The van der Waals surface area contributed by atoms with E-state index in [-0.39, 0.29) is 29.2 Å².